The fourth-order valence-corrected chi connectivity index (χ4v) is 3.85. The van der Waals surface area contributed by atoms with Crippen molar-refractivity contribution < 1.29 is 17.9 Å². The number of rotatable bonds is 4. The van der Waals surface area contributed by atoms with Gasteiger partial charge in [0.1, 0.15) is 6.04 Å². The third kappa shape index (κ3) is 3.48. The van der Waals surface area contributed by atoms with Crippen LogP contribution >= 0.6 is 11.6 Å². The first-order valence-corrected chi connectivity index (χ1v) is 8.35. The molecular formula is C13H17ClN2O4S. The molecule has 0 spiro atoms. The lowest BCUT2D eigenvalue weighted by molar-refractivity contribution is -0.142. The summed E-state index contributed by atoms with van der Waals surface area (Å²) in [6.45, 7) is 1.94. The molecule has 1 aromatic rings. The normalized spacial score (nSPS) is 22.0. The Morgan fingerprint density at radius 2 is 2.19 bits per heavy atom. The van der Waals surface area contributed by atoms with Crippen molar-refractivity contribution in [1.82, 2.24) is 5.32 Å². The van der Waals surface area contributed by atoms with Gasteiger partial charge in [0, 0.05) is 11.6 Å². The van der Waals surface area contributed by atoms with E-state index in [1.165, 1.54) is 7.11 Å². The molecule has 2 N–H and O–H groups in total. The van der Waals surface area contributed by atoms with Crippen molar-refractivity contribution in [1.29, 1.82) is 0 Å². The number of carbonyl (C=O) groups excluding carboxylic acids is 1. The largest absolute Gasteiger partial charge is 0.468 e. The molecule has 1 heterocycles. The highest BCUT2D eigenvalue weighted by atomic mass is 35.5. The third-order valence-corrected chi connectivity index (χ3v) is 5.69. The molecule has 2 atom stereocenters. The molecule has 1 aromatic carbocycles. The van der Waals surface area contributed by atoms with E-state index in [4.69, 9.17) is 11.6 Å². The molecule has 1 aliphatic heterocycles. The molecule has 1 saturated heterocycles. The Balaban J connectivity index is 2.13. The maximum absolute atomic E-state index is 12.4. The van der Waals surface area contributed by atoms with E-state index in [9.17, 15) is 13.2 Å². The van der Waals surface area contributed by atoms with Crippen LogP contribution in [0.2, 0.25) is 5.02 Å². The van der Waals surface area contributed by atoms with Crippen molar-refractivity contribution in [2.24, 2.45) is 0 Å². The first kappa shape index (κ1) is 16.1. The summed E-state index contributed by atoms with van der Waals surface area (Å²) in [4.78, 5) is 11.4. The Labute approximate surface area is 128 Å². The molecule has 0 amide bonds. The second-order valence-electron chi connectivity index (χ2n) is 4.90. The molecule has 116 valence electrons. The van der Waals surface area contributed by atoms with E-state index < -0.39 is 27.3 Å². The molecule has 0 radical (unpaired) electrons. The highest BCUT2D eigenvalue weighted by Gasteiger charge is 2.37. The molecule has 1 fully saturated rings. The zero-order valence-corrected chi connectivity index (χ0v) is 13.3. The van der Waals surface area contributed by atoms with E-state index in [0.717, 1.165) is 0 Å². The summed E-state index contributed by atoms with van der Waals surface area (Å²) in [5, 5.41) is 2.65. The van der Waals surface area contributed by atoms with Gasteiger partial charge in [-0.3, -0.25) is 9.52 Å². The second-order valence-corrected chi connectivity index (χ2v) is 7.27. The summed E-state index contributed by atoms with van der Waals surface area (Å²) < 4.78 is 31.9. The number of esters is 1. The fourth-order valence-electron chi connectivity index (χ4n) is 2.22. The zero-order valence-electron chi connectivity index (χ0n) is 11.7. The summed E-state index contributed by atoms with van der Waals surface area (Å²) in [5.74, 6) is -0.452. The van der Waals surface area contributed by atoms with Crippen LogP contribution in [-0.2, 0) is 19.6 Å². The monoisotopic (exact) mass is 332 g/mol. The van der Waals surface area contributed by atoms with E-state index in [-0.39, 0.29) is 13.0 Å². The summed E-state index contributed by atoms with van der Waals surface area (Å²) in [7, 11) is -2.33. The number of nitrogens with one attached hydrogen (secondary N) is 2. The molecule has 2 unspecified atom stereocenters. The molecular weight excluding hydrogens is 316 g/mol. The molecule has 6 nitrogen and oxygen atoms in total. The second kappa shape index (κ2) is 6.21. The van der Waals surface area contributed by atoms with Crippen molar-refractivity contribution in [3.05, 3.63) is 28.8 Å². The van der Waals surface area contributed by atoms with Crippen molar-refractivity contribution >= 4 is 33.3 Å². The summed E-state index contributed by atoms with van der Waals surface area (Å²) >= 11 is 5.98. The number of ether oxygens (including phenoxy) is 1. The van der Waals surface area contributed by atoms with Gasteiger partial charge in [-0.15, -0.1) is 0 Å². The topological polar surface area (TPSA) is 84.5 Å². The number of anilines is 1. The minimum atomic E-state index is -3.61. The van der Waals surface area contributed by atoms with E-state index in [1.807, 2.05) is 0 Å². The maximum atomic E-state index is 12.4. The molecule has 2 rings (SSSR count). The van der Waals surface area contributed by atoms with E-state index in [0.29, 0.717) is 16.3 Å². The van der Waals surface area contributed by atoms with Crippen molar-refractivity contribution in [3.8, 4) is 0 Å². The first-order valence-electron chi connectivity index (χ1n) is 6.43. The standard InChI is InChI=1S/C13H17ClN2O4S/c1-8-10(14)4-3-5-11(8)16-21(18,19)9-6-12(15-7-9)13(17)20-2/h3-5,9,12,15-16H,6-7H2,1-2H3. The van der Waals surface area contributed by atoms with Gasteiger partial charge >= 0.3 is 5.97 Å². The number of carbonyl (C=O) groups is 1. The SMILES string of the molecule is COC(=O)C1CC(S(=O)(=O)Nc2cccc(Cl)c2C)CN1. The van der Waals surface area contributed by atoms with E-state index in [2.05, 4.69) is 14.8 Å². The molecule has 0 saturated carbocycles. The minimum absolute atomic E-state index is 0.182. The quantitative estimate of drug-likeness (QED) is 0.812. The molecule has 8 heteroatoms. The lowest BCUT2D eigenvalue weighted by atomic mass is 10.2. The van der Waals surface area contributed by atoms with Gasteiger partial charge in [0.2, 0.25) is 10.0 Å². The van der Waals surface area contributed by atoms with Gasteiger partial charge in [-0.25, -0.2) is 8.42 Å². The minimum Gasteiger partial charge on any atom is -0.468 e. The lowest BCUT2D eigenvalue weighted by Crippen LogP contribution is -2.31. The summed E-state index contributed by atoms with van der Waals surface area (Å²) in [5.41, 5.74) is 1.11. The van der Waals surface area contributed by atoms with Crippen LogP contribution in [0, 0.1) is 6.92 Å². The van der Waals surface area contributed by atoms with Gasteiger partial charge in [0.05, 0.1) is 18.0 Å². The first-order chi connectivity index (χ1) is 9.85. The van der Waals surface area contributed by atoms with Crippen LogP contribution in [0.15, 0.2) is 18.2 Å². The summed E-state index contributed by atoms with van der Waals surface area (Å²) in [6.07, 6.45) is 0.182. The van der Waals surface area contributed by atoms with Gasteiger partial charge < -0.3 is 10.1 Å². The number of methoxy groups -OCH3 is 1. The fraction of sp³-hybridized carbons (Fsp3) is 0.462. The Kier molecular flexibility index (Phi) is 4.75. The number of benzene rings is 1. The number of hydrogen-bond acceptors (Lipinski definition) is 5. The van der Waals surface area contributed by atoms with Crippen molar-refractivity contribution in [2.45, 2.75) is 24.6 Å². The molecule has 0 aromatic heterocycles. The Hall–Kier alpha value is -1.31. The Morgan fingerprint density at radius 1 is 1.48 bits per heavy atom. The molecule has 1 aliphatic rings. The third-order valence-electron chi connectivity index (χ3n) is 3.53. The highest BCUT2D eigenvalue weighted by molar-refractivity contribution is 7.93. The van der Waals surface area contributed by atoms with E-state index >= 15 is 0 Å². The molecule has 0 bridgehead atoms. The van der Waals surface area contributed by atoms with Crippen molar-refractivity contribution in [3.63, 3.8) is 0 Å². The Morgan fingerprint density at radius 3 is 2.86 bits per heavy atom. The van der Waals surface area contributed by atoms with Crippen LogP contribution in [0.5, 0.6) is 0 Å². The predicted molar refractivity (Wildman–Crippen MR) is 80.9 cm³/mol. The Bertz CT molecular complexity index is 648. The zero-order chi connectivity index (χ0) is 15.6. The highest BCUT2D eigenvalue weighted by Crippen LogP contribution is 2.26. The van der Waals surface area contributed by atoms with Crippen LogP contribution < -0.4 is 10.0 Å². The van der Waals surface area contributed by atoms with Crippen LogP contribution in [0.1, 0.15) is 12.0 Å². The van der Waals surface area contributed by atoms with E-state index in [1.54, 1.807) is 25.1 Å². The smallest absolute Gasteiger partial charge is 0.322 e. The van der Waals surface area contributed by atoms with Crippen LogP contribution in [-0.4, -0.2) is 39.3 Å². The number of hydrogen-bond donors (Lipinski definition) is 2. The van der Waals surface area contributed by atoms with Gasteiger partial charge in [0.25, 0.3) is 0 Å². The van der Waals surface area contributed by atoms with Gasteiger partial charge in [-0.1, -0.05) is 17.7 Å². The van der Waals surface area contributed by atoms with Crippen LogP contribution in [0.3, 0.4) is 0 Å². The lowest BCUT2D eigenvalue weighted by Gasteiger charge is -2.15. The van der Waals surface area contributed by atoms with Gasteiger partial charge in [0.15, 0.2) is 0 Å². The maximum Gasteiger partial charge on any atom is 0.322 e. The summed E-state index contributed by atoms with van der Waals surface area (Å²) in [6, 6.07) is 4.44. The van der Waals surface area contributed by atoms with Gasteiger partial charge in [-0.2, -0.15) is 0 Å². The van der Waals surface area contributed by atoms with Crippen molar-refractivity contribution in [2.75, 3.05) is 18.4 Å². The van der Waals surface area contributed by atoms with Crippen LogP contribution in [0.25, 0.3) is 0 Å². The molecule has 0 aliphatic carbocycles. The predicted octanol–water partition coefficient (Wildman–Crippen LogP) is 1.29. The average molecular weight is 333 g/mol. The van der Waals surface area contributed by atoms with Crippen LogP contribution in [0.4, 0.5) is 5.69 Å². The number of halogens is 1. The molecule has 21 heavy (non-hydrogen) atoms. The van der Waals surface area contributed by atoms with Gasteiger partial charge in [-0.05, 0) is 31.0 Å². The average Bonchev–Trinajstić information content (AvgIpc) is 2.93. The number of sulfonamides is 1.